The summed E-state index contributed by atoms with van der Waals surface area (Å²) in [6.07, 6.45) is 9.60. The third-order valence-corrected chi connectivity index (χ3v) is 4.56. The number of rotatable bonds is 2. The van der Waals surface area contributed by atoms with Crippen molar-refractivity contribution in [1.29, 1.82) is 0 Å². The predicted molar refractivity (Wildman–Crippen MR) is 94.1 cm³/mol. The van der Waals surface area contributed by atoms with E-state index in [2.05, 4.69) is 50.0 Å². The van der Waals surface area contributed by atoms with E-state index in [4.69, 9.17) is 0 Å². The Morgan fingerprint density at radius 1 is 0.875 bits per heavy atom. The Bertz CT molecular complexity index is 1180. The first-order chi connectivity index (χ1) is 11.7. The highest BCUT2D eigenvalue weighted by molar-refractivity contribution is 6.11. The van der Waals surface area contributed by atoms with Crippen molar-refractivity contribution in [3.05, 3.63) is 55.2 Å². The van der Waals surface area contributed by atoms with Crippen LogP contribution in [0.1, 0.15) is 0 Å². The largest absolute Gasteiger partial charge is 0.340 e. The van der Waals surface area contributed by atoms with Crippen LogP contribution < -0.4 is 0 Å². The first-order valence-electron chi connectivity index (χ1n) is 7.81. The van der Waals surface area contributed by atoms with Gasteiger partial charge in [0.15, 0.2) is 0 Å². The van der Waals surface area contributed by atoms with Gasteiger partial charge in [0.05, 0.1) is 5.52 Å². The van der Waals surface area contributed by atoms with Crippen LogP contribution in [-0.2, 0) is 14.1 Å². The molecule has 0 saturated heterocycles. The van der Waals surface area contributed by atoms with Gasteiger partial charge in [-0.3, -0.25) is 4.57 Å². The van der Waals surface area contributed by atoms with Crippen molar-refractivity contribution in [2.75, 3.05) is 0 Å². The number of para-hydroxylation sites is 1. The number of aromatic amines is 1. The molecule has 0 unspecified atom stereocenters. The van der Waals surface area contributed by atoms with Gasteiger partial charge in [0.1, 0.15) is 11.5 Å². The van der Waals surface area contributed by atoms with E-state index in [1.807, 2.05) is 48.0 Å². The maximum atomic E-state index is 4.50. The number of H-pyrrole nitrogens is 1. The van der Waals surface area contributed by atoms with Gasteiger partial charge in [0.25, 0.3) is 0 Å². The summed E-state index contributed by atoms with van der Waals surface area (Å²) in [5.74, 6) is 1.84. The molecule has 24 heavy (non-hydrogen) atoms. The predicted octanol–water partition coefficient (Wildman–Crippen LogP) is 3.25. The minimum absolute atomic E-state index is 0.884. The molecule has 6 heteroatoms. The fourth-order valence-electron chi connectivity index (χ4n) is 3.38. The number of aryl methyl sites for hydroxylation is 2. The monoisotopic (exact) mass is 316 g/mol. The second-order valence-electron chi connectivity index (χ2n) is 6.00. The molecule has 4 heterocycles. The SMILES string of the molecule is Cn1ccnc1-c1cccc2c1[nH]c1c2ccn1-c1nccn1C. The van der Waals surface area contributed by atoms with Crippen LogP contribution in [0.5, 0.6) is 0 Å². The average molecular weight is 316 g/mol. The highest BCUT2D eigenvalue weighted by Gasteiger charge is 2.16. The molecule has 5 rings (SSSR count). The molecule has 1 N–H and O–H groups in total. The number of imidazole rings is 2. The van der Waals surface area contributed by atoms with Gasteiger partial charge in [0, 0.05) is 61.4 Å². The fourth-order valence-corrected chi connectivity index (χ4v) is 3.38. The topological polar surface area (TPSA) is 56.4 Å². The van der Waals surface area contributed by atoms with Crippen molar-refractivity contribution in [1.82, 2.24) is 28.7 Å². The number of nitrogens with zero attached hydrogens (tertiary/aromatic N) is 5. The normalized spacial score (nSPS) is 11.8. The van der Waals surface area contributed by atoms with E-state index in [1.54, 1.807) is 0 Å². The molecule has 0 aliphatic heterocycles. The standard InChI is InChI=1S/C18H16N6/c1-22-10-7-19-16(22)14-5-3-4-12-13-6-9-24(17(13)21-15(12)14)18-20-8-11-23(18)2/h3-11,21H,1-2H3. The summed E-state index contributed by atoms with van der Waals surface area (Å²) in [4.78, 5) is 12.5. The van der Waals surface area contributed by atoms with E-state index in [0.29, 0.717) is 0 Å². The van der Waals surface area contributed by atoms with E-state index in [0.717, 1.165) is 28.5 Å². The zero-order valence-corrected chi connectivity index (χ0v) is 13.4. The minimum atomic E-state index is 0.884. The highest BCUT2D eigenvalue weighted by Crippen LogP contribution is 2.33. The molecule has 118 valence electrons. The molecule has 0 bridgehead atoms. The Balaban J connectivity index is 1.84. The summed E-state index contributed by atoms with van der Waals surface area (Å²) in [7, 11) is 4.01. The lowest BCUT2D eigenvalue weighted by Gasteiger charge is -2.04. The van der Waals surface area contributed by atoms with Crippen LogP contribution >= 0.6 is 0 Å². The molecular formula is C18H16N6. The van der Waals surface area contributed by atoms with Crippen LogP contribution in [0.25, 0.3) is 39.3 Å². The van der Waals surface area contributed by atoms with Gasteiger partial charge in [-0.05, 0) is 12.1 Å². The smallest absolute Gasteiger partial charge is 0.215 e. The maximum Gasteiger partial charge on any atom is 0.215 e. The summed E-state index contributed by atoms with van der Waals surface area (Å²) in [5.41, 5.74) is 3.24. The van der Waals surface area contributed by atoms with Crippen LogP contribution in [0.4, 0.5) is 0 Å². The van der Waals surface area contributed by atoms with Crippen molar-refractivity contribution in [3.8, 4) is 17.3 Å². The molecule has 0 aliphatic rings. The van der Waals surface area contributed by atoms with Gasteiger partial charge in [-0.1, -0.05) is 12.1 Å². The molecule has 1 aromatic carbocycles. The van der Waals surface area contributed by atoms with Crippen molar-refractivity contribution >= 4 is 21.9 Å². The van der Waals surface area contributed by atoms with E-state index in [-0.39, 0.29) is 0 Å². The van der Waals surface area contributed by atoms with Gasteiger partial charge in [-0.25, -0.2) is 9.97 Å². The van der Waals surface area contributed by atoms with Crippen LogP contribution in [0, 0.1) is 0 Å². The quantitative estimate of drug-likeness (QED) is 0.543. The van der Waals surface area contributed by atoms with E-state index < -0.39 is 0 Å². The maximum absolute atomic E-state index is 4.50. The third-order valence-electron chi connectivity index (χ3n) is 4.56. The van der Waals surface area contributed by atoms with Crippen LogP contribution in [0.3, 0.4) is 0 Å². The minimum Gasteiger partial charge on any atom is -0.340 e. The zero-order chi connectivity index (χ0) is 16.3. The molecule has 6 nitrogen and oxygen atoms in total. The molecule has 0 spiro atoms. The summed E-state index contributed by atoms with van der Waals surface area (Å²) in [5, 5.41) is 2.38. The Kier molecular flexibility index (Phi) is 2.53. The first-order valence-corrected chi connectivity index (χ1v) is 7.81. The third kappa shape index (κ3) is 1.65. The average Bonchev–Trinajstić information content (AvgIpc) is 3.31. The Labute approximate surface area is 138 Å². The second kappa shape index (κ2) is 4.61. The lowest BCUT2D eigenvalue weighted by molar-refractivity contribution is 0.831. The van der Waals surface area contributed by atoms with E-state index in [1.165, 1.54) is 10.8 Å². The van der Waals surface area contributed by atoms with Crippen LogP contribution in [0.15, 0.2) is 55.2 Å². The Morgan fingerprint density at radius 2 is 1.71 bits per heavy atom. The number of aromatic nitrogens is 6. The van der Waals surface area contributed by atoms with Crippen LogP contribution in [-0.4, -0.2) is 28.7 Å². The van der Waals surface area contributed by atoms with Crippen LogP contribution in [0.2, 0.25) is 0 Å². The number of hydrogen-bond donors (Lipinski definition) is 1. The van der Waals surface area contributed by atoms with Gasteiger partial charge in [-0.2, -0.15) is 0 Å². The highest BCUT2D eigenvalue weighted by atomic mass is 15.2. The summed E-state index contributed by atoms with van der Waals surface area (Å²) >= 11 is 0. The second-order valence-corrected chi connectivity index (χ2v) is 6.00. The van der Waals surface area contributed by atoms with E-state index in [9.17, 15) is 0 Å². The summed E-state index contributed by atoms with van der Waals surface area (Å²) in [6, 6.07) is 8.46. The zero-order valence-electron chi connectivity index (χ0n) is 13.4. The summed E-state index contributed by atoms with van der Waals surface area (Å²) in [6.45, 7) is 0. The number of hydrogen-bond acceptors (Lipinski definition) is 2. The molecule has 0 aliphatic carbocycles. The molecular weight excluding hydrogens is 300 g/mol. The molecule has 0 saturated carbocycles. The molecule has 5 aromatic rings. The number of fused-ring (bicyclic) bond motifs is 3. The van der Waals surface area contributed by atoms with Gasteiger partial charge < -0.3 is 14.1 Å². The molecule has 0 amide bonds. The number of nitrogens with one attached hydrogen (secondary N) is 1. The van der Waals surface area contributed by atoms with Gasteiger partial charge in [-0.15, -0.1) is 0 Å². The van der Waals surface area contributed by atoms with Crippen molar-refractivity contribution in [3.63, 3.8) is 0 Å². The van der Waals surface area contributed by atoms with Crippen molar-refractivity contribution in [2.45, 2.75) is 0 Å². The molecule has 4 aromatic heterocycles. The Hall–Kier alpha value is -3.28. The molecule has 0 radical (unpaired) electrons. The molecule has 0 atom stereocenters. The lowest BCUT2D eigenvalue weighted by Crippen LogP contribution is -2.01. The Morgan fingerprint density at radius 3 is 2.46 bits per heavy atom. The molecule has 0 fully saturated rings. The van der Waals surface area contributed by atoms with Crippen molar-refractivity contribution in [2.24, 2.45) is 14.1 Å². The first kappa shape index (κ1) is 13.2. The fraction of sp³-hybridized carbons (Fsp3) is 0.111. The van der Waals surface area contributed by atoms with Gasteiger partial charge >= 0.3 is 0 Å². The van der Waals surface area contributed by atoms with E-state index >= 15 is 0 Å². The van der Waals surface area contributed by atoms with Crippen molar-refractivity contribution < 1.29 is 0 Å². The lowest BCUT2D eigenvalue weighted by atomic mass is 10.1. The van der Waals surface area contributed by atoms with Gasteiger partial charge in [0.2, 0.25) is 5.95 Å². The number of benzene rings is 1. The summed E-state index contributed by atoms with van der Waals surface area (Å²) < 4.78 is 6.12.